The summed E-state index contributed by atoms with van der Waals surface area (Å²) in [7, 11) is 4.05. The molecule has 0 bridgehead atoms. The second-order valence-electron chi connectivity index (χ2n) is 3.99. The van der Waals surface area contributed by atoms with E-state index >= 15 is 0 Å². The van der Waals surface area contributed by atoms with Crippen LogP contribution < -0.4 is 4.90 Å². The molecule has 3 nitrogen and oxygen atoms in total. The largest absolute Gasteiger partial charge is 0.372 e. The Balaban J connectivity index is 2.62. The number of aryl methyl sites for hydroxylation is 1. The van der Waals surface area contributed by atoms with Crippen molar-refractivity contribution in [3.05, 3.63) is 22.4 Å². The molecule has 1 aromatic heterocycles. The van der Waals surface area contributed by atoms with Crippen molar-refractivity contribution in [2.45, 2.75) is 27.1 Å². The summed E-state index contributed by atoms with van der Waals surface area (Å²) in [6.45, 7) is 5.64. The van der Waals surface area contributed by atoms with E-state index in [0.29, 0.717) is 0 Å². The van der Waals surface area contributed by atoms with Gasteiger partial charge in [0, 0.05) is 25.4 Å². The number of nitrogens with zero attached hydrogens (tertiary/aromatic N) is 2. The van der Waals surface area contributed by atoms with Crippen LogP contribution in [-0.4, -0.2) is 19.1 Å². The third kappa shape index (κ3) is 1.28. The number of aromatic nitrogens is 1. The number of ether oxygens (including phenoxy) is 1. The van der Waals surface area contributed by atoms with Gasteiger partial charge in [0.2, 0.25) is 0 Å². The molecule has 0 saturated carbocycles. The molecule has 0 saturated heterocycles. The lowest BCUT2D eigenvalue weighted by molar-refractivity contribution is 0.134. The summed E-state index contributed by atoms with van der Waals surface area (Å²) >= 11 is 0. The highest BCUT2D eigenvalue weighted by atomic mass is 16.5. The Labute approximate surface area is 84.7 Å². The zero-order chi connectivity index (χ0) is 10.3. The zero-order valence-corrected chi connectivity index (χ0v) is 9.22. The van der Waals surface area contributed by atoms with Crippen LogP contribution in [0.1, 0.15) is 22.4 Å². The molecule has 0 fully saturated rings. The third-order valence-electron chi connectivity index (χ3n) is 2.78. The zero-order valence-electron chi connectivity index (χ0n) is 9.22. The fourth-order valence-corrected chi connectivity index (χ4v) is 1.97. The molecule has 0 N–H and O–H groups in total. The van der Waals surface area contributed by atoms with Crippen LogP contribution in [0.2, 0.25) is 0 Å². The van der Waals surface area contributed by atoms with Crippen molar-refractivity contribution in [2.24, 2.45) is 0 Å². The fourth-order valence-electron chi connectivity index (χ4n) is 1.97. The summed E-state index contributed by atoms with van der Waals surface area (Å²) in [5.41, 5.74) is 4.98. The molecule has 14 heavy (non-hydrogen) atoms. The number of hydrogen-bond acceptors (Lipinski definition) is 3. The summed E-state index contributed by atoms with van der Waals surface area (Å²) in [6.07, 6.45) is 0. The van der Waals surface area contributed by atoms with Crippen molar-refractivity contribution in [3.8, 4) is 0 Å². The quantitative estimate of drug-likeness (QED) is 0.678. The van der Waals surface area contributed by atoms with Crippen molar-refractivity contribution in [1.29, 1.82) is 0 Å². The van der Waals surface area contributed by atoms with Gasteiger partial charge in [-0.25, -0.2) is 4.98 Å². The standard InChI is InChI=1S/C11H16N2O/c1-7-9-5-14-6-10(9)8(2)12-11(7)13(3)4/h5-6H2,1-4H3. The molecule has 0 amide bonds. The molecule has 0 unspecified atom stereocenters. The van der Waals surface area contributed by atoms with Crippen LogP contribution in [0.4, 0.5) is 5.82 Å². The van der Waals surface area contributed by atoms with Crippen LogP contribution in [-0.2, 0) is 18.0 Å². The molecule has 0 aromatic carbocycles. The van der Waals surface area contributed by atoms with Gasteiger partial charge in [-0.3, -0.25) is 0 Å². The predicted molar refractivity (Wildman–Crippen MR) is 56.5 cm³/mol. The first kappa shape index (κ1) is 9.46. The van der Waals surface area contributed by atoms with Crippen molar-refractivity contribution in [2.75, 3.05) is 19.0 Å². The molecule has 0 radical (unpaired) electrons. The maximum absolute atomic E-state index is 5.45. The number of anilines is 1. The van der Waals surface area contributed by atoms with Gasteiger partial charge in [0.15, 0.2) is 0 Å². The molecular weight excluding hydrogens is 176 g/mol. The SMILES string of the molecule is Cc1nc(N(C)C)c(C)c2c1COC2. The molecule has 2 heterocycles. The normalized spacial score (nSPS) is 14.3. The van der Waals surface area contributed by atoms with E-state index in [1.54, 1.807) is 0 Å². The van der Waals surface area contributed by atoms with Crippen molar-refractivity contribution >= 4 is 5.82 Å². The lowest BCUT2D eigenvalue weighted by Crippen LogP contribution is -2.14. The van der Waals surface area contributed by atoms with E-state index < -0.39 is 0 Å². The van der Waals surface area contributed by atoms with E-state index in [0.717, 1.165) is 24.7 Å². The fraction of sp³-hybridized carbons (Fsp3) is 0.545. The Kier molecular flexibility index (Phi) is 2.19. The summed E-state index contributed by atoms with van der Waals surface area (Å²) in [4.78, 5) is 6.65. The molecule has 0 atom stereocenters. The third-order valence-corrected chi connectivity index (χ3v) is 2.78. The second-order valence-corrected chi connectivity index (χ2v) is 3.99. The van der Waals surface area contributed by atoms with Crippen molar-refractivity contribution in [3.63, 3.8) is 0 Å². The minimum atomic E-state index is 0.725. The maximum Gasteiger partial charge on any atom is 0.131 e. The van der Waals surface area contributed by atoms with E-state index in [-0.39, 0.29) is 0 Å². The summed E-state index contributed by atoms with van der Waals surface area (Å²) in [5, 5.41) is 0. The summed E-state index contributed by atoms with van der Waals surface area (Å²) in [5.74, 6) is 1.06. The Morgan fingerprint density at radius 3 is 2.43 bits per heavy atom. The molecule has 1 aromatic rings. The van der Waals surface area contributed by atoms with Gasteiger partial charge >= 0.3 is 0 Å². The molecule has 3 heteroatoms. The predicted octanol–water partition coefficient (Wildman–Crippen LogP) is 1.79. The smallest absolute Gasteiger partial charge is 0.131 e. The van der Waals surface area contributed by atoms with Gasteiger partial charge in [-0.2, -0.15) is 0 Å². The first-order chi connectivity index (χ1) is 6.61. The molecular formula is C11H16N2O. The average Bonchev–Trinajstić information content (AvgIpc) is 2.59. The van der Waals surface area contributed by atoms with Gasteiger partial charge in [-0.15, -0.1) is 0 Å². The van der Waals surface area contributed by atoms with Crippen LogP contribution in [0, 0.1) is 13.8 Å². The van der Waals surface area contributed by atoms with Crippen LogP contribution in [0.5, 0.6) is 0 Å². The number of fused-ring (bicyclic) bond motifs is 1. The maximum atomic E-state index is 5.45. The van der Waals surface area contributed by atoms with Gasteiger partial charge in [0.05, 0.1) is 13.2 Å². The van der Waals surface area contributed by atoms with Gasteiger partial charge in [0.25, 0.3) is 0 Å². The monoisotopic (exact) mass is 192 g/mol. The van der Waals surface area contributed by atoms with Crippen LogP contribution in [0.15, 0.2) is 0 Å². The average molecular weight is 192 g/mol. The Morgan fingerprint density at radius 1 is 1.14 bits per heavy atom. The van der Waals surface area contributed by atoms with E-state index in [9.17, 15) is 0 Å². The molecule has 2 rings (SSSR count). The first-order valence-electron chi connectivity index (χ1n) is 4.85. The van der Waals surface area contributed by atoms with E-state index in [1.165, 1.54) is 16.7 Å². The van der Waals surface area contributed by atoms with E-state index in [1.807, 2.05) is 14.1 Å². The second kappa shape index (κ2) is 3.24. The minimum Gasteiger partial charge on any atom is -0.372 e. The Hall–Kier alpha value is -1.09. The lowest BCUT2D eigenvalue weighted by atomic mass is 10.0. The highest BCUT2D eigenvalue weighted by Crippen LogP contribution is 2.30. The molecule has 1 aliphatic heterocycles. The Bertz CT molecular complexity index is 372. The highest BCUT2D eigenvalue weighted by Gasteiger charge is 2.20. The van der Waals surface area contributed by atoms with Crippen molar-refractivity contribution in [1.82, 2.24) is 4.98 Å². The van der Waals surface area contributed by atoms with Crippen LogP contribution >= 0.6 is 0 Å². The minimum absolute atomic E-state index is 0.725. The molecule has 0 aliphatic carbocycles. The highest BCUT2D eigenvalue weighted by molar-refractivity contribution is 5.53. The van der Waals surface area contributed by atoms with Gasteiger partial charge in [-0.1, -0.05) is 0 Å². The molecule has 1 aliphatic rings. The van der Waals surface area contributed by atoms with Gasteiger partial charge < -0.3 is 9.64 Å². The first-order valence-corrected chi connectivity index (χ1v) is 4.85. The molecule has 0 spiro atoms. The topological polar surface area (TPSA) is 25.4 Å². The number of rotatable bonds is 1. The number of pyridine rings is 1. The van der Waals surface area contributed by atoms with Crippen LogP contribution in [0.3, 0.4) is 0 Å². The van der Waals surface area contributed by atoms with Gasteiger partial charge in [0.1, 0.15) is 5.82 Å². The summed E-state index contributed by atoms with van der Waals surface area (Å²) in [6, 6.07) is 0. The lowest BCUT2D eigenvalue weighted by Gasteiger charge is -2.17. The molecule has 76 valence electrons. The van der Waals surface area contributed by atoms with Crippen LogP contribution in [0.25, 0.3) is 0 Å². The Morgan fingerprint density at radius 2 is 1.79 bits per heavy atom. The van der Waals surface area contributed by atoms with Gasteiger partial charge in [-0.05, 0) is 25.0 Å². The van der Waals surface area contributed by atoms with E-state index in [4.69, 9.17) is 4.74 Å². The summed E-state index contributed by atoms with van der Waals surface area (Å²) < 4.78 is 5.45. The van der Waals surface area contributed by atoms with Crippen molar-refractivity contribution < 1.29 is 4.74 Å². The van der Waals surface area contributed by atoms with E-state index in [2.05, 4.69) is 23.7 Å². The number of hydrogen-bond donors (Lipinski definition) is 0.